The van der Waals surface area contributed by atoms with Crippen molar-refractivity contribution >= 4 is 35.4 Å². The predicted octanol–water partition coefficient (Wildman–Crippen LogP) is 3.99. The fourth-order valence-corrected chi connectivity index (χ4v) is 12.3. The number of esters is 1. The Morgan fingerprint density at radius 1 is 0.810 bits per heavy atom. The Morgan fingerprint density at radius 3 is 2.25 bits per heavy atom. The highest BCUT2D eigenvalue weighted by Gasteiger charge is 2.53. The zero-order valence-electron chi connectivity index (χ0n) is 51.3. The molecule has 476 valence electrons. The normalized spacial score (nSPS) is 36.2. The lowest BCUT2D eigenvalue weighted by Crippen LogP contribution is -2.61. The Hall–Kier alpha value is -4.46. The topological polar surface area (TPSA) is 305 Å². The first-order valence-electron chi connectivity index (χ1n) is 30.6. The first-order valence-corrected chi connectivity index (χ1v) is 30.6. The number of nitrogens with zero attached hydrogens (tertiary/aromatic N) is 2. The summed E-state index contributed by atoms with van der Waals surface area (Å²) < 4.78 is 40.5. The number of aliphatic hydroxyl groups is 4. The van der Waals surface area contributed by atoms with Crippen molar-refractivity contribution in [2.75, 3.05) is 73.9 Å². The number of rotatable bonds is 15. The standard InChI is InChI=1S/C62H101N5O17/c1-38-15-11-10-12-16-39(2)51(79-8)35-46-20-18-43(6)62(77,84-46)58(73)59(74)67-25-14-13-17-48(67)60(75)82-52(36-49(68)40(3)32-42(5)56(71)57(72)55(70)41(4)31-38)47(63)33-44-19-21-50(53(34-44)80-9)83-61(76)65-45-22-26-66(27-23-45)37-54(69)64-24-28-81-30-29-78-7/h10-12,15-16,32,38,40-41,43-53,56-57,68,71-72,77H,13-14,17-31,33-37,63H2,1-9H3,(H,64,69)(H,65,76)/b12-10+,15-11+,39-16+,42-32+/t38-,40-,41-,43-,44+,46+,47-,48+,49-,50-,51+,52+,53-,56-,57+,62-/m1/s1. The van der Waals surface area contributed by atoms with Crippen LogP contribution in [0.4, 0.5) is 4.79 Å². The molecule has 4 aliphatic heterocycles. The summed E-state index contributed by atoms with van der Waals surface area (Å²) >= 11 is 0. The van der Waals surface area contributed by atoms with Gasteiger partial charge in [0.05, 0.1) is 50.8 Å². The summed E-state index contributed by atoms with van der Waals surface area (Å²) in [6, 6.07) is -2.26. The summed E-state index contributed by atoms with van der Waals surface area (Å²) in [5.41, 5.74) is 8.13. The van der Waals surface area contributed by atoms with Gasteiger partial charge in [-0.25, -0.2) is 9.59 Å². The molecule has 1 aliphatic carbocycles. The Morgan fingerprint density at radius 2 is 1.55 bits per heavy atom. The van der Waals surface area contributed by atoms with Crippen molar-refractivity contribution in [3.8, 4) is 0 Å². The minimum absolute atomic E-state index is 0.0280. The zero-order valence-corrected chi connectivity index (χ0v) is 51.3. The number of carbonyl (C=O) groups is 6. The molecule has 0 aromatic carbocycles. The number of hydrogen-bond acceptors (Lipinski definition) is 19. The summed E-state index contributed by atoms with van der Waals surface area (Å²) in [6.45, 7) is 13.7. The molecule has 0 aromatic heterocycles. The summed E-state index contributed by atoms with van der Waals surface area (Å²) in [5.74, 6) is -8.45. The third-order valence-corrected chi connectivity index (χ3v) is 17.7. The molecular formula is C62H101N5O17. The van der Waals surface area contributed by atoms with E-state index >= 15 is 0 Å². The van der Waals surface area contributed by atoms with Crippen molar-refractivity contribution in [2.45, 2.75) is 204 Å². The molecule has 8 N–H and O–H groups in total. The van der Waals surface area contributed by atoms with E-state index in [2.05, 4.69) is 10.6 Å². The van der Waals surface area contributed by atoms with Gasteiger partial charge in [0.2, 0.25) is 11.7 Å². The van der Waals surface area contributed by atoms with Crippen molar-refractivity contribution in [1.29, 1.82) is 0 Å². The molecule has 22 heteroatoms. The molecule has 4 heterocycles. The largest absolute Gasteiger partial charge is 0.459 e. The van der Waals surface area contributed by atoms with E-state index in [0.29, 0.717) is 104 Å². The maximum Gasteiger partial charge on any atom is 0.407 e. The van der Waals surface area contributed by atoms with Crippen LogP contribution in [-0.4, -0.2) is 212 Å². The van der Waals surface area contributed by atoms with Crippen LogP contribution in [0.5, 0.6) is 0 Å². The minimum atomic E-state index is -2.48. The molecule has 3 amide bonds. The summed E-state index contributed by atoms with van der Waals surface area (Å²) in [4.78, 5) is 85.9. The van der Waals surface area contributed by atoms with Gasteiger partial charge in [-0.15, -0.1) is 0 Å². The van der Waals surface area contributed by atoms with Gasteiger partial charge < -0.3 is 74.9 Å². The molecular weight excluding hydrogens is 1090 g/mol. The molecule has 0 unspecified atom stereocenters. The number of nitrogens with two attached hydrogens (primary N) is 1. The lowest BCUT2D eigenvalue weighted by molar-refractivity contribution is -0.265. The van der Waals surface area contributed by atoms with Gasteiger partial charge in [0.25, 0.3) is 11.7 Å². The third-order valence-electron chi connectivity index (χ3n) is 17.7. The van der Waals surface area contributed by atoms with Crippen molar-refractivity contribution in [2.24, 2.45) is 35.3 Å². The number of amides is 3. The number of hydrogen-bond donors (Lipinski definition) is 7. The number of methoxy groups -OCH3 is 3. The van der Waals surface area contributed by atoms with Gasteiger partial charge in [-0.2, -0.15) is 0 Å². The molecule has 5 aliphatic rings. The van der Waals surface area contributed by atoms with Crippen LogP contribution < -0.4 is 16.4 Å². The van der Waals surface area contributed by atoms with E-state index in [9.17, 15) is 49.2 Å². The fourth-order valence-electron chi connectivity index (χ4n) is 12.3. The van der Waals surface area contributed by atoms with Crippen LogP contribution in [0.1, 0.15) is 131 Å². The van der Waals surface area contributed by atoms with E-state index in [1.807, 2.05) is 49.1 Å². The number of carbonyl (C=O) groups excluding carboxylic acids is 6. The van der Waals surface area contributed by atoms with Crippen molar-refractivity contribution in [3.05, 3.63) is 47.6 Å². The number of ether oxygens (including phenoxy) is 7. The lowest BCUT2D eigenvalue weighted by Gasteiger charge is -2.42. The zero-order chi connectivity index (χ0) is 61.7. The summed E-state index contributed by atoms with van der Waals surface area (Å²) in [6.07, 6.45) is 7.99. The van der Waals surface area contributed by atoms with Crippen LogP contribution >= 0.6 is 0 Å². The minimum Gasteiger partial charge on any atom is -0.459 e. The second-order valence-corrected chi connectivity index (χ2v) is 24.3. The number of piperidine rings is 2. The Kier molecular flexibility index (Phi) is 29.1. The van der Waals surface area contributed by atoms with Crippen molar-refractivity contribution < 1.29 is 82.4 Å². The number of cyclic esters (lactones) is 1. The molecule has 4 fully saturated rings. The van der Waals surface area contributed by atoms with E-state index in [1.165, 1.54) is 0 Å². The summed E-state index contributed by atoms with van der Waals surface area (Å²) in [5, 5.41) is 52.2. The Bertz CT molecular complexity index is 2260. The smallest absolute Gasteiger partial charge is 0.407 e. The quantitative estimate of drug-likeness (QED) is 0.0528. The number of allylic oxidation sites excluding steroid dienone is 5. The molecule has 3 saturated heterocycles. The summed E-state index contributed by atoms with van der Waals surface area (Å²) in [7, 11) is 4.69. The van der Waals surface area contributed by atoms with Gasteiger partial charge in [-0.3, -0.25) is 24.1 Å². The third kappa shape index (κ3) is 20.9. The lowest BCUT2D eigenvalue weighted by atomic mass is 9.80. The maximum atomic E-state index is 14.6. The average molecular weight is 1190 g/mol. The van der Waals surface area contributed by atoms with E-state index in [0.717, 1.165) is 10.5 Å². The van der Waals surface area contributed by atoms with Crippen LogP contribution in [0.2, 0.25) is 0 Å². The number of nitrogens with one attached hydrogen (secondary N) is 2. The molecule has 5 rings (SSSR count). The number of fused-ring (bicyclic) bond motifs is 3. The first-order chi connectivity index (χ1) is 40.0. The molecule has 84 heavy (non-hydrogen) atoms. The highest BCUT2D eigenvalue weighted by Crippen LogP contribution is 2.38. The van der Waals surface area contributed by atoms with Crippen molar-refractivity contribution in [3.63, 3.8) is 0 Å². The first kappa shape index (κ1) is 70.3. The predicted molar refractivity (Wildman–Crippen MR) is 313 cm³/mol. The van der Waals surface area contributed by atoms with Gasteiger partial charge in [-0.05, 0) is 114 Å². The average Bonchev–Trinajstić information content (AvgIpc) is 2.83. The number of likely N-dealkylation sites (tertiary alicyclic amines) is 1. The highest BCUT2D eigenvalue weighted by atomic mass is 16.6. The molecule has 0 radical (unpaired) electrons. The molecule has 16 atom stereocenters. The van der Waals surface area contributed by atoms with Crippen LogP contribution in [-0.2, 0) is 57.1 Å². The molecule has 1 saturated carbocycles. The van der Waals surface area contributed by atoms with E-state index in [4.69, 9.17) is 38.9 Å². The number of alkyl carbamates (subject to hydrolysis) is 1. The van der Waals surface area contributed by atoms with Gasteiger partial charge in [0, 0.05) is 90.2 Å². The molecule has 0 aromatic rings. The van der Waals surface area contributed by atoms with E-state index < -0.39 is 114 Å². The number of Topliss-reactive ketones (excluding diaryl/α,β-unsaturated/α-hetero) is 2. The van der Waals surface area contributed by atoms with Crippen LogP contribution in [0.15, 0.2) is 47.6 Å². The van der Waals surface area contributed by atoms with Gasteiger partial charge in [0.15, 0.2) is 5.78 Å². The van der Waals surface area contributed by atoms with Gasteiger partial charge >= 0.3 is 12.1 Å². The molecule has 22 nitrogen and oxygen atoms in total. The number of ketones is 2. The van der Waals surface area contributed by atoms with E-state index in [1.54, 1.807) is 55.1 Å². The fraction of sp³-hybridized carbons (Fsp3) is 0.774. The second kappa shape index (κ2) is 34.8. The monoisotopic (exact) mass is 1190 g/mol. The molecule has 0 spiro atoms. The molecule has 2 bridgehead atoms. The van der Waals surface area contributed by atoms with Crippen LogP contribution in [0.25, 0.3) is 0 Å². The van der Waals surface area contributed by atoms with Crippen LogP contribution in [0, 0.1) is 29.6 Å². The second-order valence-electron chi connectivity index (χ2n) is 24.3. The maximum absolute atomic E-state index is 14.6. The SMILES string of the molecule is COCCOCCNC(=O)CN1CCC(NC(=O)O[C@@H]2CC[C@@H](C[C@@H](N)[C@@H]3C[C@@H](O)[C@H](C)/C=C(\C)[C@@H](O)[C@@H](O)C(=O)[C@H](C)C[C@H](C)/C=C/C=C/C=C(\C)[C@@H](OC)C[C@@H]4CC[C@@H](C)[C@@](O)(O4)C(=O)C(=O)N4CCCC[C@H]4C(=O)O3)C[C@H]2OC)CC1. The highest BCUT2D eigenvalue weighted by molar-refractivity contribution is 6.39. The van der Waals surface area contributed by atoms with Crippen LogP contribution in [0.3, 0.4) is 0 Å². The van der Waals surface area contributed by atoms with E-state index in [-0.39, 0.29) is 68.1 Å². The van der Waals surface area contributed by atoms with Gasteiger partial charge in [0.1, 0.15) is 30.5 Å². The Balaban J connectivity index is 1.31. The Labute approximate surface area is 497 Å². The van der Waals surface area contributed by atoms with Gasteiger partial charge in [-0.1, -0.05) is 64.2 Å². The van der Waals surface area contributed by atoms with Crippen molar-refractivity contribution in [1.82, 2.24) is 20.4 Å². The number of aliphatic hydroxyl groups excluding tert-OH is 3.